The number of piperazine rings is 1. The summed E-state index contributed by atoms with van der Waals surface area (Å²) in [4.78, 5) is 18.0. The molecule has 0 amide bonds. The molecule has 0 bridgehead atoms. The number of fused-ring (bicyclic) bond motifs is 2. The number of nitrogens with one attached hydrogen (secondary N) is 1. The number of allylic oxidation sites excluding steroid dienone is 2. The first-order valence-corrected chi connectivity index (χ1v) is 12.1. The second kappa shape index (κ2) is 7.97. The van der Waals surface area contributed by atoms with Crippen LogP contribution in [0.3, 0.4) is 0 Å². The molecule has 4 fully saturated rings. The molecule has 5 atom stereocenters. The molecule has 29 heavy (non-hydrogen) atoms. The van der Waals surface area contributed by atoms with Gasteiger partial charge < -0.3 is 10.1 Å². The van der Waals surface area contributed by atoms with Crippen LogP contribution in [0.25, 0.3) is 0 Å². The standard InChI is InChI=1S/C24H39N3O2/c1-17-6-5-8-24(2)15-21-18(14-20(17)24)19(23(28)29-21)16-26-10-12-27(13-11-26)22-7-3-4-9-25-22/h18-19,21-22,25H,3-16H2,1-2H3/t18-,19+,21+,22?,24+/m0/s1. The Hall–Kier alpha value is -0.910. The summed E-state index contributed by atoms with van der Waals surface area (Å²) < 4.78 is 5.98. The van der Waals surface area contributed by atoms with Crippen LogP contribution in [-0.2, 0) is 9.53 Å². The summed E-state index contributed by atoms with van der Waals surface area (Å²) >= 11 is 0. The largest absolute Gasteiger partial charge is 0.462 e. The van der Waals surface area contributed by atoms with Gasteiger partial charge >= 0.3 is 5.97 Å². The van der Waals surface area contributed by atoms with Crippen molar-refractivity contribution in [2.75, 3.05) is 39.3 Å². The highest BCUT2D eigenvalue weighted by Gasteiger charge is 2.53. The lowest BCUT2D eigenvalue weighted by atomic mass is 9.59. The molecule has 0 radical (unpaired) electrons. The van der Waals surface area contributed by atoms with E-state index in [9.17, 15) is 4.79 Å². The van der Waals surface area contributed by atoms with Crippen molar-refractivity contribution in [1.82, 2.24) is 15.1 Å². The molecule has 1 N–H and O–H groups in total. The van der Waals surface area contributed by atoms with Gasteiger partial charge in [-0.3, -0.25) is 14.6 Å². The number of rotatable bonds is 3. The normalized spacial score (nSPS) is 41.8. The van der Waals surface area contributed by atoms with E-state index in [0.29, 0.717) is 12.1 Å². The summed E-state index contributed by atoms with van der Waals surface area (Å²) in [6, 6.07) is 0. The first-order valence-electron chi connectivity index (χ1n) is 12.1. The van der Waals surface area contributed by atoms with Gasteiger partial charge in [0.25, 0.3) is 0 Å². The van der Waals surface area contributed by atoms with Gasteiger partial charge in [0, 0.05) is 38.6 Å². The van der Waals surface area contributed by atoms with Crippen LogP contribution in [0.2, 0.25) is 0 Å². The fourth-order valence-electron chi connectivity index (χ4n) is 7.00. The summed E-state index contributed by atoms with van der Waals surface area (Å²) in [6.45, 7) is 11.2. The zero-order valence-electron chi connectivity index (χ0n) is 18.4. The number of piperidine rings is 1. The van der Waals surface area contributed by atoms with Gasteiger partial charge in [0.15, 0.2) is 0 Å². The minimum Gasteiger partial charge on any atom is -0.462 e. The first kappa shape index (κ1) is 20.0. The van der Waals surface area contributed by atoms with Crippen molar-refractivity contribution in [3.8, 4) is 0 Å². The monoisotopic (exact) mass is 401 g/mol. The average molecular weight is 402 g/mol. The summed E-state index contributed by atoms with van der Waals surface area (Å²) in [7, 11) is 0. The van der Waals surface area contributed by atoms with Crippen LogP contribution in [0.1, 0.15) is 65.2 Å². The molecule has 0 aromatic carbocycles. The van der Waals surface area contributed by atoms with Gasteiger partial charge in [0.2, 0.25) is 0 Å². The molecule has 0 aromatic rings. The van der Waals surface area contributed by atoms with Gasteiger partial charge in [-0.05, 0) is 70.3 Å². The lowest BCUT2D eigenvalue weighted by molar-refractivity contribution is -0.145. The van der Waals surface area contributed by atoms with Crippen LogP contribution in [0.5, 0.6) is 0 Å². The van der Waals surface area contributed by atoms with E-state index in [1.807, 2.05) is 0 Å². The molecule has 3 aliphatic heterocycles. The minimum atomic E-state index is 0.0751. The predicted octanol–water partition coefficient (Wildman–Crippen LogP) is 3.16. The Balaban J connectivity index is 1.21. The van der Waals surface area contributed by atoms with Crippen LogP contribution in [0.4, 0.5) is 0 Å². The second-order valence-corrected chi connectivity index (χ2v) is 10.6. The molecule has 1 saturated carbocycles. The highest BCUT2D eigenvalue weighted by atomic mass is 16.6. The Morgan fingerprint density at radius 2 is 2.00 bits per heavy atom. The molecule has 0 spiro atoms. The fourth-order valence-corrected chi connectivity index (χ4v) is 7.00. The van der Waals surface area contributed by atoms with Crippen LogP contribution in [0, 0.1) is 17.3 Å². The first-order chi connectivity index (χ1) is 14.0. The topological polar surface area (TPSA) is 44.8 Å². The third kappa shape index (κ3) is 3.79. The van der Waals surface area contributed by atoms with Gasteiger partial charge in [0.05, 0.1) is 12.1 Å². The molecule has 5 heteroatoms. The second-order valence-electron chi connectivity index (χ2n) is 10.6. The van der Waals surface area contributed by atoms with Gasteiger partial charge in [-0.25, -0.2) is 0 Å². The number of carbonyl (C=O) groups excluding carboxylic acids is 1. The highest BCUT2D eigenvalue weighted by Crippen LogP contribution is 2.55. The van der Waals surface area contributed by atoms with Crippen molar-refractivity contribution >= 4 is 5.97 Å². The molecule has 5 nitrogen and oxygen atoms in total. The summed E-state index contributed by atoms with van der Waals surface area (Å²) in [5, 5.41) is 3.68. The van der Waals surface area contributed by atoms with E-state index in [1.54, 1.807) is 11.1 Å². The molecule has 162 valence electrons. The molecule has 5 aliphatic rings. The fraction of sp³-hybridized carbons (Fsp3) is 0.875. The average Bonchev–Trinajstić information content (AvgIpc) is 3.01. The maximum absolute atomic E-state index is 12.8. The summed E-state index contributed by atoms with van der Waals surface area (Å²) in [5.74, 6) is 0.555. The Kier molecular flexibility index (Phi) is 5.50. The van der Waals surface area contributed by atoms with Crippen molar-refractivity contribution in [3.05, 3.63) is 11.1 Å². The lowest BCUT2D eigenvalue weighted by Crippen LogP contribution is -2.56. The molecule has 2 aliphatic carbocycles. The summed E-state index contributed by atoms with van der Waals surface area (Å²) in [5.41, 5.74) is 3.54. The maximum Gasteiger partial charge on any atom is 0.310 e. The molecule has 0 aromatic heterocycles. The lowest BCUT2D eigenvalue weighted by Gasteiger charge is -2.46. The number of esters is 1. The Morgan fingerprint density at radius 3 is 2.76 bits per heavy atom. The van der Waals surface area contributed by atoms with E-state index in [2.05, 4.69) is 29.0 Å². The molecule has 5 rings (SSSR count). The van der Waals surface area contributed by atoms with E-state index in [-0.39, 0.29) is 23.4 Å². The van der Waals surface area contributed by atoms with E-state index < -0.39 is 0 Å². The van der Waals surface area contributed by atoms with Gasteiger partial charge in [-0.15, -0.1) is 0 Å². The molecule has 3 saturated heterocycles. The third-order valence-corrected chi connectivity index (χ3v) is 8.77. The predicted molar refractivity (Wildman–Crippen MR) is 114 cm³/mol. The highest BCUT2D eigenvalue weighted by molar-refractivity contribution is 5.76. The zero-order chi connectivity index (χ0) is 20.0. The Labute approximate surface area is 176 Å². The number of ether oxygens (including phenoxy) is 1. The quantitative estimate of drug-likeness (QED) is 0.581. The number of carbonyl (C=O) groups is 1. The summed E-state index contributed by atoms with van der Waals surface area (Å²) in [6.07, 6.45) is 10.6. The zero-order valence-corrected chi connectivity index (χ0v) is 18.4. The van der Waals surface area contributed by atoms with E-state index in [0.717, 1.165) is 52.1 Å². The van der Waals surface area contributed by atoms with Crippen LogP contribution in [-0.4, -0.2) is 67.3 Å². The van der Waals surface area contributed by atoms with E-state index in [1.165, 1.54) is 38.5 Å². The Bertz CT molecular complexity index is 663. The minimum absolute atomic E-state index is 0.0751. The molecular formula is C24H39N3O2. The maximum atomic E-state index is 12.8. The SMILES string of the molecule is CC1=C2C[C@@H]3[C@@H](C[C@@]2(C)CCC1)OC(=O)[C@@H]3CN1CCN(C2CCCCN2)CC1. The van der Waals surface area contributed by atoms with Crippen molar-refractivity contribution in [1.29, 1.82) is 0 Å². The van der Waals surface area contributed by atoms with Crippen molar-refractivity contribution in [2.45, 2.75) is 77.5 Å². The van der Waals surface area contributed by atoms with Crippen molar-refractivity contribution in [3.63, 3.8) is 0 Å². The number of nitrogens with zero attached hydrogens (tertiary/aromatic N) is 2. The van der Waals surface area contributed by atoms with E-state index in [4.69, 9.17) is 4.74 Å². The number of hydrogen-bond acceptors (Lipinski definition) is 5. The van der Waals surface area contributed by atoms with Gasteiger partial charge in [-0.1, -0.05) is 18.1 Å². The van der Waals surface area contributed by atoms with Crippen LogP contribution in [0.15, 0.2) is 11.1 Å². The van der Waals surface area contributed by atoms with E-state index >= 15 is 0 Å². The van der Waals surface area contributed by atoms with Gasteiger partial charge in [0.1, 0.15) is 6.10 Å². The van der Waals surface area contributed by atoms with Gasteiger partial charge in [-0.2, -0.15) is 0 Å². The van der Waals surface area contributed by atoms with Crippen molar-refractivity contribution < 1.29 is 9.53 Å². The molecular weight excluding hydrogens is 362 g/mol. The molecule has 3 heterocycles. The van der Waals surface area contributed by atoms with Crippen molar-refractivity contribution in [2.24, 2.45) is 17.3 Å². The smallest absolute Gasteiger partial charge is 0.310 e. The molecule has 1 unspecified atom stereocenters. The third-order valence-electron chi connectivity index (χ3n) is 8.77. The van der Waals surface area contributed by atoms with Crippen LogP contribution >= 0.6 is 0 Å². The van der Waals surface area contributed by atoms with Crippen LogP contribution < -0.4 is 5.32 Å². The Morgan fingerprint density at radius 1 is 1.17 bits per heavy atom. The number of hydrogen-bond donors (Lipinski definition) is 1.